The van der Waals surface area contributed by atoms with Crippen molar-refractivity contribution in [2.45, 2.75) is 342 Å². The van der Waals surface area contributed by atoms with Crippen LogP contribution in [0.2, 0.25) is 0 Å². The van der Waals surface area contributed by atoms with Gasteiger partial charge in [-0.15, -0.1) is 0 Å². The molecule has 17 nitrogen and oxygen atoms in total. The highest BCUT2D eigenvalue weighted by atomic mass is 31.2. The molecular formula is C64H124O17P2. The van der Waals surface area contributed by atoms with Crippen molar-refractivity contribution in [3.63, 3.8) is 0 Å². The third kappa shape index (κ3) is 58.8. The molecule has 0 aliphatic rings. The molecule has 0 saturated carbocycles. The fraction of sp³-hybridized carbons (Fsp3) is 0.938. The van der Waals surface area contributed by atoms with Crippen molar-refractivity contribution in [3.05, 3.63) is 0 Å². The van der Waals surface area contributed by atoms with Gasteiger partial charge in [-0.1, -0.05) is 272 Å². The van der Waals surface area contributed by atoms with E-state index >= 15 is 0 Å². The van der Waals surface area contributed by atoms with Gasteiger partial charge in [-0.3, -0.25) is 37.3 Å². The van der Waals surface area contributed by atoms with Crippen molar-refractivity contribution in [1.82, 2.24) is 0 Å². The molecule has 0 amide bonds. The van der Waals surface area contributed by atoms with Crippen molar-refractivity contribution < 1.29 is 80.2 Å². The Morgan fingerprint density at radius 2 is 0.554 bits per heavy atom. The van der Waals surface area contributed by atoms with Gasteiger partial charge in [0.25, 0.3) is 0 Å². The lowest BCUT2D eigenvalue weighted by molar-refractivity contribution is -0.161. The Balaban J connectivity index is 5.14. The predicted octanol–water partition coefficient (Wildman–Crippen LogP) is 17.8. The molecule has 0 bridgehead atoms. The van der Waals surface area contributed by atoms with Crippen molar-refractivity contribution in [2.75, 3.05) is 39.6 Å². The van der Waals surface area contributed by atoms with Crippen molar-refractivity contribution in [3.8, 4) is 0 Å². The van der Waals surface area contributed by atoms with Gasteiger partial charge in [0.15, 0.2) is 12.2 Å². The minimum absolute atomic E-state index is 0.103. The fourth-order valence-electron chi connectivity index (χ4n) is 9.58. The Labute approximate surface area is 505 Å². The highest BCUT2D eigenvalue weighted by Gasteiger charge is 2.30. The molecule has 0 aromatic carbocycles. The number of rotatable bonds is 64. The highest BCUT2D eigenvalue weighted by molar-refractivity contribution is 7.47. The van der Waals surface area contributed by atoms with E-state index in [1.165, 1.54) is 122 Å². The third-order valence-electron chi connectivity index (χ3n) is 14.8. The quantitative estimate of drug-likeness (QED) is 0.0222. The van der Waals surface area contributed by atoms with Gasteiger partial charge in [0.1, 0.15) is 19.3 Å². The largest absolute Gasteiger partial charge is 0.472 e. The Hall–Kier alpha value is -1.94. The number of hydrogen-bond acceptors (Lipinski definition) is 15. The normalized spacial score (nSPS) is 14.2. The summed E-state index contributed by atoms with van der Waals surface area (Å²) in [6.07, 6.45) is 42.1. The van der Waals surface area contributed by atoms with Crippen molar-refractivity contribution in [1.29, 1.82) is 0 Å². The number of aliphatic hydroxyl groups is 1. The lowest BCUT2D eigenvalue weighted by Crippen LogP contribution is -2.30. The van der Waals surface area contributed by atoms with Crippen LogP contribution in [0.15, 0.2) is 0 Å². The summed E-state index contributed by atoms with van der Waals surface area (Å²) in [5.41, 5.74) is 0. The van der Waals surface area contributed by atoms with Crippen LogP contribution >= 0.6 is 15.6 Å². The second kappa shape index (κ2) is 57.8. The molecule has 492 valence electrons. The lowest BCUT2D eigenvalue weighted by Gasteiger charge is -2.21. The van der Waals surface area contributed by atoms with E-state index in [0.717, 1.165) is 121 Å². The number of phosphoric ester groups is 2. The van der Waals surface area contributed by atoms with Gasteiger partial charge < -0.3 is 33.8 Å². The van der Waals surface area contributed by atoms with Crippen LogP contribution in [0.25, 0.3) is 0 Å². The summed E-state index contributed by atoms with van der Waals surface area (Å²) >= 11 is 0. The molecule has 0 rings (SSSR count). The molecule has 0 aromatic heterocycles. The molecule has 0 fully saturated rings. The van der Waals surface area contributed by atoms with Gasteiger partial charge >= 0.3 is 39.5 Å². The topological polar surface area (TPSA) is 237 Å². The smallest absolute Gasteiger partial charge is 0.462 e. The summed E-state index contributed by atoms with van der Waals surface area (Å²) in [5.74, 6) is -1.42. The Morgan fingerprint density at radius 1 is 0.325 bits per heavy atom. The van der Waals surface area contributed by atoms with Crippen LogP contribution in [0, 0.1) is 5.92 Å². The predicted molar refractivity (Wildman–Crippen MR) is 331 cm³/mol. The molecule has 3 N–H and O–H groups in total. The zero-order chi connectivity index (χ0) is 61.3. The summed E-state index contributed by atoms with van der Waals surface area (Å²) in [6.45, 7) is 7.08. The molecule has 5 atom stereocenters. The van der Waals surface area contributed by atoms with E-state index in [2.05, 4.69) is 34.6 Å². The first kappa shape index (κ1) is 81.1. The Kier molecular flexibility index (Phi) is 56.4. The average Bonchev–Trinajstić information content (AvgIpc) is 3.45. The molecular weight excluding hydrogens is 1100 g/mol. The van der Waals surface area contributed by atoms with E-state index in [1.54, 1.807) is 0 Å². The summed E-state index contributed by atoms with van der Waals surface area (Å²) in [4.78, 5) is 71.9. The molecule has 0 aromatic rings. The van der Waals surface area contributed by atoms with Gasteiger partial charge in [-0.05, 0) is 31.6 Å². The van der Waals surface area contributed by atoms with Crippen molar-refractivity contribution in [2.24, 2.45) is 5.92 Å². The van der Waals surface area contributed by atoms with Crippen LogP contribution in [0.4, 0.5) is 0 Å². The average molecular weight is 1230 g/mol. The minimum Gasteiger partial charge on any atom is -0.462 e. The molecule has 0 aliphatic heterocycles. The maximum absolute atomic E-state index is 13.0. The maximum Gasteiger partial charge on any atom is 0.472 e. The van der Waals surface area contributed by atoms with Gasteiger partial charge in [0, 0.05) is 25.7 Å². The Bertz CT molecular complexity index is 1620. The first-order valence-electron chi connectivity index (χ1n) is 33.6. The standard InChI is InChI=1S/C64H124O17P2/c1-6-9-12-15-18-19-20-21-22-23-24-25-26-27-28-35-40-45-50-64(69)81-60(54-75-62(67)48-43-38-34-30-29-33-36-41-46-57(4)5)56-79-83(72,73)77-52-58(65)51-76-82(70,71)78-55-59(80-63(68)49-44-39-32-17-14-11-8-3)53-74-61(66)47-42-37-31-16-13-10-7-2/h57-60,65H,6-56H2,1-5H3,(H,70,71)(H,72,73)/t58-,59+,60+/m0/s1. The zero-order valence-electron chi connectivity index (χ0n) is 53.3. The van der Waals surface area contributed by atoms with E-state index < -0.39 is 97.5 Å². The summed E-state index contributed by atoms with van der Waals surface area (Å²) < 4.78 is 67.8. The monoisotopic (exact) mass is 1230 g/mol. The van der Waals surface area contributed by atoms with E-state index in [-0.39, 0.29) is 25.7 Å². The summed E-state index contributed by atoms with van der Waals surface area (Å²) in [7, 11) is -9.88. The number of hydrogen-bond donors (Lipinski definition) is 3. The van der Waals surface area contributed by atoms with Crippen LogP contribution in [0.5, 0.6) is 0 Å². The maximum atomic E-state index is 13.0. The van der Waals surface area contributed by atoms with Gasteiger partial charge in [-0.2, -0.15) is 0 Å². The fourth-order valence-corrected chi connectivity index (χ4v) is 11.2. The van der Waals surface area contributed by atoms with Crippen molar-refractivity contribution >= 4 is 39.5 Å². The third-order valence-corrected chi connectivity index (χ3v) is 16.7. The number of unbranched alkanes of at least 4 members (excludes halogenated alkanes) is 36. The SMILES string of the molecule is CCCCCCCCCCCCCCCCCCCCC(=O)O[C@H](COC(=O)CCCCCCCCCCC(C)C)COP(=O)(O)OC[C@@H](O)COP(=O)(O)OC[C@@H](COC(=O)CCCCCCCCC)OC(=O)CCCCCCCCC. The minimum atomic E-state index is -4.94. The summed E-state index contributed by atoms with van der Waals surface area (Å²) in [5, 5.41) is 10.5. The molecule has 0 heterocycles. The first-order chi connectivity index (χ1) is 40.0. The lowest BCUT2D eigenvalue weighted by atomic mass is 10.0. The van der Waals surface area contributed by atoms with E-state index in [0.29, 0.717) is 25.7 Å². The number of carbonyl (C=O) groups is 4. The van der Waals surface area contributed by atoms with Crippen LogP contribution in [0.1, 0.15) is 324 Å². The molecule has 0 radical (unpaired) electrons. The number of carbonyl (C=O) groups excluding carboxylic acids is 4. The summed E-state index contributed by atoms with van der Waals surface area (Å²) in [6, 6.07) is 0. The van der Waals surface area contributed by atoms with Crippen LogP contribution < -0.4 is 0 Å². The number of aliphatic hydroxyl groups excluding tert-OH is 1. The molecule has 83 heavy (non-hydrogen) atoms. The van der Waals surface area contributed by atoms with E-state index in [4.69, 9.17) is 37.0 Å². The first-order valence-corrected chi connectivity index (χ1v) is 36.6. The molecule has 2 unspecified atom stereocenters. The Morgan fingerprint density at radius 3 is 0.819 bits per heavy atom. The zero-order valence-corrected chi connectivity index (χ0v) is 55.1. The highest BCUT2D eigenvalue weighted by Crippen LogP contribution is 2.45. The molecule has 0 spiro atoms. The second-order valence-electron chi connectivity index (χ2n) is 23.6. The van der Waals surface area contributed by atoms with Gasteiger partial charge in [0.05, 0.1) is 26.4 Å². The second-order valence-corrected chi connectivity index (χ2v) is 26.5. The molecule has 19 heteroatoms. The number of esters is 4. The molecule has 0 aliphatic carbocycles. The van der Waals surface area contributed by atoms with Crippen LogP contribution in [-0.4, -0.2) is 96.7 Å². The van der Waals surface area contributed by atoms with E-state index in [1.807, 2.05) is 0 Å². The van der Waals surface area contributed by atoms with Gasteiger partial charge in [0.2, 0.25) is 0 Å². The van der Waals surface area contributed by atoms with Crippen LogP contribution in [-0.2, 0) is 65.4 Å². The van der Waals surface area contributed by atoms with Gasteiger partial charge in [-0.25, -0.2) is 9.13 Å². The van der Waals surface area contributed by atoms with E-state index in [9.17, 15) is 43.2 Å². The molecule has 0 saturated heterocycles. The number of ether oxygens (including phenoxy) is 4. The number of phosphoric acid groups is 2. The van der Waals surface area contributed by atoms with Crippen LogP contribution in [0.3, 0.4) is 0 Å².